The first kappa shape index (κ1) is 24.3. The first-order chi connectivity index (χ1) is 16.0. The summed E-state index contributed by atoms with van der Waals surface area (Å²) in [5, 5.41) is 2.96. The van der Waals surface area contributed by atoms with E-state index in [4.69, 9.17) is 15.2 Å². The molecule has 33 heavy (non-hydrogen) atoms. The number of hydrogen-bond donors (Lipinski definition) is 3. The quantitative estimate of drug-likeness (QED) is 0.291. The van der Waals surface area contributed by atoms with E-state index in [-0.39, 0.29) is 18.7 Å². The summed E-state index contributed by atoms with van der Waals surface area (Å²) in [6, 6.07) is 17.9. The summed E-state index contributed by atoms with van der Waals surface area (Å²) in [4.78, 5) is 38.1. The maximum Gasteiger partial charge on any atom is 0.341 e. The summed E-state index contributed by atoms with van der Waals surface area (Å²) in [5.74, 6) is -1.80. The zero-order valence-electron chi connectivity index (χ0n) is 17.8. The minimum atomic E-state index is -0.631. The molecule has 1 aromatic heterocycles. The lowest BCUT2D eigenvalue weighted by Crippen LogP contribution is -2.22. The Morgan fingerprint density at radius 1 is 1.00 bits per heavy atom. The molecule has 0 radical (unpaired) electrons. The van der Waals surface area contributed by atoms with Gasteiger partial charge in [-0.05, 0) is 29.8 Å². The number of ether oxygens (including phenoxy) is 2. The molecule has 0 bridgehead atoms. The van der Waals surface area contributed by atoms with E-state index >= 15 is 0 Å². The van der Waals surface area contributed by atoms with Gasteiger partial charge < -0.3 is 25.2 Å². The Balaban J connectivity index is 1.70. The Morgan fingerprint density at radius 2 is 1.79 bits per heavy atom. The average molecular weight is 486 g/mol. The number of anilines is 2. The summed E-state index contributed by atoms with van der Waals surface area (Å²) in [7, 11) is 0. The minimum absolute atomic E-state index is 0.0603. The third-order valence-corrected chi connectivity index (χ3v) is 5.81. The van der Waals surface area contributed by atoms with Crippen LogP contribution in [-0.2, 0) is 14.3 Å². The van der Waals surface area contributed by atoms with Gasteiger partial charge in [0.1, 0.15) is 11.6 Å². The molecule has 172 valence electrons. The van der Waals surface area contributed by atoms with Crippen molar-refractivity contribution in [1.82, 2.24) is 0 Å². The Hall–Kier alpha value is -3.34. The fraction of sp³-hybridized carbons (Fsp3) is 0.174. The van der Waals surface area contributed by atoms with Crippen molar-refractivity contribution in [3.05, 3.63) is 71.8 Å². The molecule has 0 saturated carbocycles. The van der Waals surface area contributed by atoms with E-state index in [0.717, 1.165) is 16.1 Å². The number of esters is 2. The van der Waals surface area contributed by atoms with E-state index in [9.17, 15) is 14.4 Å². The van der Waals surface area contributed by atoms with Gasteiger partial charge in [-0.25, -0.2) is 9.59 Å². The number of nitrogens with two attached hydrogens (primary N) is 1. The number of amides is 1. The van der Waals surface area contributed by atoms with Crippen molar-refractivity contribution in [3.8, 4) is 10.4 Å². The molecule has 0 aliphatic rings. The highest BCUT2D eigenvalue weighted by Crippen LogP contribution is 2.36. The van der Waals surface area contributed by atoms with Crippen molar-refractivity contribution >= 4 is 51.8 Å². The Labute approximate surface area is 199 Å². The number of rotatable bonds is 10. The van der Waals surface area contributed by atoms with E-state index in [2.05, 4.69) is 10.0 Å². The molecule has 0 saturated heterocycles. The summed E-state index contributed by atoms with van der Waals surface area (Å²) < 4.78 is 13.3. The van der Waals surface area contributed by atoms with Gasteiger partial charge >= 0.3 is 11.9 Å². The molecular weight excluding hydrogens is 462 g/mol. The van der Waals surface area contributed by atoms with Crippen LogP contribution in [0.1, 0.15) is 20.7 Å². The molecule has 0 atom stereocenters. The maximum atomic E-state index is 12.5. The van der Waals surface area contributed by atoms with Gasteiger partial charge in [-0.15, -0.1) is 11.3 Å². The van der Waals surface area contributed by atoms with Crippen LogP contribution in [0.2, 0.25) is 0 Å². The van der Waals surface area contributed by atoms with Crippen molar-refractivity contribution in [2.45, 2.75) is 0 Å². The second-order valence-electron chi connectivity index (χ2n) is 6.66. The van der Waals surface area contributed by atoms with Gasteiger partial charge in [-0.1, -0.05) is 48.3 Å². The van der Waals surface area contributed by atoms with Crippen LogP contribution in [0.5, 0.6) is 0 Å². The molecule has 0 fully saturated rings. The van der Waals surface area contributed by atoms with Crippen LogP contribution in [0.15, 0.2) is 60.7 Å². The third kappa shape index (κ3) is 6.82. The Morgan fingerprint density at radius 3 is 2.52 bits per heavy atom. The van der Waals surface area contributed by atoms with Gasteiger partial charge in [0.05, 0.1) is 11.1 Å². The van der Waals surface area contributed by atoms with Crippen molar-refractivity contribution < 1.29 is 23.9 Å². The van der Waals surface area contributed by atoms with Gasteiger partial charge in [0.2, 0.25) is 0 Å². The average Bonchev–Trinajstić information content (AvgIpc) is 3.25. The second kappa shape index (κ2) is 12.0. The lowest BCUT2D eigenvalue weighted by molar-refractivity contribution is -0.119. The summed E-state index contributed by atoms with van der Waals surface area (Å²) in [5.41, 5.74) is 7.57. The van der Waals surface area contributed by atoms with Crippen molar-refractivity contribution in [2.24, 2.45) is 5.73 Å². The van der Waals surface area contributed by atoms with E-state index in [1.807, 2.05) is 42.7 Å². The molecule has 1 heterocycles. The molecule has 0 aliphatic carbocycles. The minimum Gasteiger partial charge on any atom is -0.461 e. The normalized spacial score (nSPS) is 10.4. The summed E-state index contributed by atoms with van der Waals surface area (Å²) >= 11 is 2.62. The van der Waals surface area contributed by atoms with Crippen LogP contribution in [-0.4, -0.2) is 43.9 Å². The van der Waals surface area contributed by atoms with Gasteiger partial charge in [0.25, 0.3) is 5.91 Å². The smallest absolute Gasteiger partial charge is 0.341 e. The zero-order chi connectivity index (χ0) is 23.6. The molecule has 8 nitrogen and oxygen atoms in total. The number of nitrogens with one attached hydrogen (secondary N) is 2. The first-order valence-corrected chi connectivity index (χ1v) is 12.0. The molecule has 1 amide bonds. The Kier molecular flexibility index (Phi) is 8.87. The van der Waals surface area contributed by atoms with Crippen LogP contribution in [0.4, 0.5) is 10.7 Å². The Bertz CT molecular complexity index is 1120. The van der Waals surface area contributed by atoms with Crippen LogP contribution in [0.25, 0.3) is 10.4 Å². The van der Waals surface area contributed by atoms with E-state index in [1.54, 1.807) is 24.3 Å². The van der Waals surface area contributed by atoms with Crippen LogP contribution in [0, 0.1) is 0 Å². The highest BCUT2D eigenvalue weighted by molar-refractivity contribution is 7.99. The first-order valence-electron chi connectivity index (χ1n) is 9.94. The van der Waals surface area contributed by atoms with Crippen LogP contribution in [0.3, 0.4) is 0 Å². The topological polar surface area (TPSA) is 120 Å². The standard InChI is InChI=1S/C23H23N3O5S2/c1-32-26-17-9-5-8-16(12-17)22(28)31-14-20(27)25-21-18(23(29)30-11-10-24)13-19(33-21)15-6-3-2-4-7-15/h2-9,12-13,26H,10-11,14,24H2,1H3,(H,25,27). The lowest BCUT2D eigenvalue weighted by atomic mass is 10.1. The second-order valence-corrected chi connectivity index (χ2v) is 8.32. The third-order valence-electron chi connectivity index (χ3n) is 4.27. The molecule has 4 N–H and O–H groups in total. The van der Waals surface area contributed by atoms with Gasteiger partial charge in [-0.2, -0.15) is 0 Å². The lowest BCUT2D eigenvalue weighted by Gasteiger charge is -2.08. The molecular formula is C23H23N3O5S2. The molecule has 0 unspecified atom stereocenters. The predicted molar refractivity (Wildman–Crippen MR) is 132 cm³/mol. The summed E-state index contributed by atoms with van der Waals surface area (Å²) in [6.07, 6.45) is 1.86. The monoisotopic (exact) mass is 485 g/mol. The predicted octanol–water partition coefficient (Wildman–Crippen LogP) is 4.02. The number of hydrogen-bond acceptors (Lipinski definition) is 9. The van der Waals surface area contributed by atoms with Crippen molar-refractivity contribution in [1.29, 1.82) is 0 Å². The van der Waals surface area contributed by atoms with Crippen molar-refractivity contribution in [3.63, 3.8) is 0 Å². The number of carbonyl (C=O) groups excluding carboxylic acids is 3. The summed E-state index contributed by atoms with van der Waals surface area (Å²) in [6.45, 7) is -0.258. The zero-order valence-corrected chi connectivity index (χ0v) is 19.5. The fourth-order valence-electron chi connectivity index (χ4n) is 2.81. The molecule has 0 spiro atoms. The van der Waals surface area contributed by atoms with Crippen LogP contribution >= 0.6 is 23.3 Å². The van der Waals surface area contributed by atoms with Crippen molar-refractivity contribution in [2.75, 3.05) is 36.1 Å². The van der Waals surface area contributed by atoms with Gasteiger partial charge in [0, 0.05) is 23.4 Å². The molecule has 10 heteroatoms. The SMILES string of the molecule is CSNc1cccc(C(=O)OCC(=O)Nc2sc(-c3ccccc3)cc2C(=O)OCCN)c1. The number of thiophene rings is 1. The number of carbonyl (C=O) groups is 3. The van der Waals surface area contributed by atoms with Gasteiger partial charge in [-0.3, -0.25) is 4.79 Å². The molecule has 3 aromatic rings. The largest absolute Gasteiger partial charge is 0.461 e. The maximum absolute atomic E-state index is 12.5. The number of benzene rings is 2. The fourth-order valence-corrected chi connectivity index (χ4v) is 4.24. The molecule has 3 rings (SSSR count). The van der Waals surface area contributed by atoms with E-state index in [1.165, 1.54) is 23.3 Å². The molecule has 0 aliphatic heterocycles. The van der Waals surface area contributed by atoms with E-state index in [0.29, 0.717) is 10.6 Å². The van der Waals surface area contributed by atoms with E-state index < -0.39 is 24.5 Å². The highest BCUT2D eigenvalue weighted by Gasteiger charge is 2.21. The highest BCUT2D eigenvalue weighted by atomic mass is 32.2. The molecule has 2 aromatic carbocycles. The van der Waals surface area contributed by atoms with Gasteiger partial charge in [0.15, 0.2) is 6.61 Å². The van der Waals surface area contributed by atoms with Crippen LogP contribution < -0.4 is 15.8 Å².